The molecule has 4 aliphatic rings. The number of nitrogens with zero attached hydrogens (tertiary/aromatic N) is 2. The van der Waals surface area contributed by atoms with Crippen LogP contribution in [0.15, 0.2) is 52.9 Å². The summed E-state index contributed by atoms with van der Waals surface area (Å²) in [6.45, 7) is 10.8. The number of aliphatic carboxylic acids is 1. The van der Waals surface area contributed by atoms with Crippen molar-refractivity contribution in [2.45, 2.75) is 69.4 Å². The fourth-order valence-corrected chi connectivity index (χ4v) is 9.70. The first-order valence-electron chi connectivity index (χ1n) is 15.8. The standard InChI is InChI=1S/C35H36N2O9S2/c1-6-37-28-15-30-20(12-24(28)21(16-34(37,3)4)18-47(40,41)42)13-26-29(46-30)9-10-36-27-8-7-23-19(2)11-22(48(43,44)45)14-25(23)32(27)35(5,33(26)36)17-31(38)39/h7-8,11-16,29H,6,9-10,17-18H2,1-5H3,(H2-,38,39,40,41,42,43,44,45)/p+1. The Bertz CT molecular complexity index is 2300. The van der Waals surface area contributed by atoms with Crippen LogP contribution in [0.3, 0.4) is 0 Å². The number of benzene rings is 3. The number of rotatable bonds is 6. The molecule has 252 valence electrons. The predicted molar refractivity (Wildman–Crippen MR) is 183 cm³/mol. The molecular weight excluding hydrogens is 657 g/mol. The molecule has 0 fully saturated rings. The van der Waals surface area contributed by atoms with Gasteiger partial charge in [-0.1, -0.05) is 6.08 Å². The second-order valence-electron chi connectivity index (χ2n) is 13.9. The van der Waals surface area contributed by atoms with Gasteiger partial charge in [-0.25, -0.2) is 0 Å². The monoisotopic (exact) mass is 693 g/mol. The van der Waals surface area contributed by atoms with Gasteiger partial charge in [0, 0.05) is 47.5 Å². The molecule has 48 heavy (non-hydrogen) atoms. The smallest absolute Gasteiger partial charge is 0.304 e. The maximum atomic E-state index is 12.6. The molecule has 4 heterocycles. The van der Waals surface area contributed by atoms with E-state index in [4.69, 9.17) is 4.74 Å². The fraction of sp³-hybridized carbons (Fsp3) is 0.371. The molecule has 13 heteroatoms. The summed E-state index contributed by atoms with van der Waals surface area (Å²) >= 11 is 0. The third-order valence-corrected chi connectivity index (χ3v) is 11.7. The predicted octanol–water partition coefficient (Wildman–Crippen LogP) is 5.36. The van der Waals surface area contributed by atoms with Crippen LogP contribution in [-0.4, -0.2) is 77.8 Å². The summed E-state index contributed by atoms with van der Waals surface area (Å²) < 4.78 is 77.3. The molecule has 2 unspecified atom stereocenters. The number of ether oxygens (including phenoxy) is 1. The Morgan fingerprint density at radius 3 is 2.44 bits per heavy atom. The van der Waals surface area contributed by atoms with Crippen molar-refractivity contribution in [1.82, 2.24) is 0 Å². The first kappa shape index (κ1) is 32.5. The van der Waals surface area contributed by atoms with Crippen LogP contribution in [0.2, 0.25) is 0 Å². The van der Waals surface area contributed by atoms with Crippen LogP contribution in [0, 0.1) is 6.92 Å². The number of carboxylic acids is 1. The summed E-state index contributed by atoms with van der Waals surface area (Å²) in [5.74, 6) is -0.962. The molecule has 0 saturated carbocycles. The molecule has 3 N–H and O–H groups in total. The van der Waals surface area contributed by atoms with E-state index < -0.39 is 49.0 Å². The highest BCUT2D eigenvalue weighted by atomic mass is 32.2. The normalized spacial score (nSPS) is 22.6. The lowest BCUT2D eigenvalue weighted by Gasteiger charge is -2.43. The topological polar surface area (TPSA) is 162 Å². The molecule has 4 aliphatic heterocycles. The van der Waals surface area contributed by atoms with Gasteiger partial charge in [0.15, 0.2) is 12.3 Å². The molecule has 3 aromatic rings. The van der Waals surface area contributed by atoms with E-state index in [9.17, 15) is 35.8 Å². The largest absolute Gasteiger partial charge is 0.485 e. The molecule has 0 amide bonds. The summed E-state index contributed by atoms with van der Waals surface area (Å²) in [6.07, 6.45) is 3.75. The third-order valence-electron chi connectivity index (χ3n) is 10.2. The molecule has 2 atom stereocenters. The van der Waals surface area contributed by atoms with Gasteiger partial charge in [-0.3, -0.25) is 13.9 Å². The first-order chi connectivity index (χ1) is 22.3. The maximum Gasteiger partial charge on any atom is 0.304 e. The number of carbonyl (C=O) groups is 1. The lowest BCUT2D eigenvalue weighted by molar-refractivity contribution is -0.444. The Balaban J connectivity index is 1.45. The highest BCUT2D eigenvalue weighted by molar-refractivity contribution is 7.86. The molecule has 0 spiro atoms. The molecule has 11 nitrogen and oxygen atoms in total. The number of likely N-dealkylation sites (N-methyl/N-ethyl adjacent to an activating group) is 1. The van der Waals surface area contributed by atoms with Crippen molar-refractivity contribution in [3.63, 3.8) is 0 Å². The fourth-order valence-electron chi connectivity index (χ4n) is 8.47. The summed E-state index contributed by atoms with van der Waals surface area (Å²) in [6, 6.07) is 10.5. The number of aryl methyl sites for hydroxylation is 1. The van der Waals surface area contributed by atoms with Gasteiger partial charge in [0.05, 0.1) is 27.8 Å². The zero-order valence-corrected chi connectivity index (χ0v) is 28.9. The van der Waals surface area contributed by atoms with E-state index >= 15 is 0 Å². The van der Waals surface area contributed by atoms with Crippen molar-refractivity contribution in [2.24, 2.45) is 0 Å². The Hall–Kier alpha value is -4.04. The van der Waals surface area contributed by atoms with Crippen LogP contribution in [0.4, 0.5) is 11.4 Å². The minimum absolute atomic E-state index is 0.261. The van der Waals surface area contributed by atoms with Gasteiger partial charge in [-0.2, -0.15) is 21.4 Å². The highest BCUT2D eigenvalue weighted by Crippen LogP contribution is 2.52. The zero-order valence-electron chi connectivity index (χ0n) is 27.2. The van der Waals surface area contributed by atoms with E-state index in [-0.39, 0.29) is 11.3 Å². The van der Waals surface area contributed by atoms with Crippen LogP contribution in [-0.2, 0) is 30.4 Å². The first-order valence-corrected chi connectivity index (χ1v) is 18.8. The van der Waals surface area contributed by atoms with Crippen molar-refractivity contribution < 1.29 is 45.2 Å². The summed E-state index contributed by atoms with van der Waals surface area (Å²) in [7, 11) is -8.88. The van der Waals surface area contributed by atoms with E-state index in [2.05, 4.69) is 9.48 Å². The van der Waals surface area contributed by atoms with Crippen molar-refractivity contribution in [3.8, 4) is 5.75 Å². The van der Waals surface area contributed by atoms with Crippen LogP contribution in [0.1, 0.15) is 62.8 Å². The summed E-state index contributed by atoms with van der Waals surface area (Å²) in [4.78, 5) is 14.4. The Labute approximate surface area is 279 Å². The van der Waals surface area contributed by atoms with Crippen molar-refractivity contribution in [1.29, 1.82) is 0 Å². The molecule has 0 saturated heterocycles. The van der Waals surface area contributed by atoms with Gasteiger partial charge in [0.1, 0.15) is 17.6 Å². The second-order valence-corrected chi connectivity index (χ2v) is 16.7. The van der Waals surface area contributed by atoms with Crippen molar-refractivity contribution in [2.75, 3.05) is 23.7 Å². The summed E-state index contributed by atoms with van der Waals surface area (Å²) in [5, 5.41) is 11.6. The lowest BCUT2D eigenvalue weighted by Crippen LogP contribution is -2.46. The Morgan fingerprint density at radius 1 is 1.06 bits per heavy atom. The molecule has 0 aromatic heterocycles. The van der Waals surface area contributed by atoms with E-state index in [1.807, 2.05) is 64.1 Å². The zero-order chi connectivity index (χ0) is 34.7. The van der Waals surface area contributed by atoms with Gasteiger partial charge in [0.25, 0.3) is 20.2 Å². The average Bonchev–Trinajstić information content (AvgIpc) is 3.21. The van der Waals surface area contributed by atoms with Crippen LogP contribution in [0.5, 0.6) is 5.75 Å². The maximum absolute atomic E-state index is 12.6. The minimum atomic E-state index is -4.54. The van der Waals surface area contributed by atoms with E-state index in [1.165, 1.54) is 12.1 Å². The lowest BCUT2D eigenvalue weighted by atomic mass is 9.70. The minimum Gasteiger partial charge on any atom is -0.485 e. The Morgan fingerprint density at radius 2 is 1.79 bits per heavy atom. The number of hydrogen-bond acceptors (Lipinski definition) is 7. The molecule has 3 aromatic carbocycles. The number of anilines is 1. The Kier molecular flexibility index (Phi) is 7.10. The average molecular weight is 694 g/mol. The van der Waals surface area contributed by atoms with E-state index in [0.717, 1.165) is 28.0 Å². The number of fused-ring (bicyclic) bond motifs is 8. The molecular formula is C35H37N2O9S2+. The second kappa shape index (κ2) is 10.5. The van der Waals surface area contributed by atoms with Crippen molar-refractivity contribution in [3.05, 3.63) is 70.3 Å². The van der Waals surface area contributed by atoms with Crippen LogP contribution < -0.4 is 9.64 Å². The SMILES string of the molecule is CCN1c2cc3c(cc2C(CS(=O)(=O)O)=CC1(C)C)C=C1C2=[N+](CCC1O3)c1ccc3c(C)cc(S(=O)(=O)O)cc3c1C2(C)CC(=O)O. The van der Waals surface area contributed by atoms with Crippen LogP contribution in [0.25, 0.3) is 22.4 Å². The van der Waals surface area contributed by atoms with E-state index in [1.54, 1.807) is 6.92 Å². The van der Waals surface area contributed by atoms with Gasteiger partial charge in [0.2, 0.25) is 5.69 Å². The molecule has 7 rings (SSSR count). The van der Waals surface area contributed by atoms with Crippen LogP contribution >= 0.6 is 0 Å². The van der Waals surface area contributed by atoms with Gasteiger partial charge in [-0.05, 0) is 86.9 Å². The highest BCUT2D eigenvalue weighted by Gasteiger charge is 2.56. The summed E-state index contributed by atoms with van der Waals surface area (Å²) in [5.41, 5.74) is 4.58. The quantitative estimate of drug-likeness (QED) is 0.226. The molecule has 0 aliphatic carbocycles. The molecule has 0 bridgehead atoms. The van der Waals surface area contributed by atoms with Gasteiger partial charge in [-0.15, -0.1) is 0 Å². The third kappa shape index (κ3) is 4.97. The van der Waals surface area contributed by atoms with Crippen molar-refractivity contribution >= 4 is 65.7 Å². The van der Waals surface area contributed by atoms with Gasteiger partial charge < -0.3 is 14.7 Å². The van der Waals surface area contributed by atoms with E-state index in [0.29, 0.717) is 58.5 Å². The molecule has 0 radical (unpaired) electrons. The number of carboxylic acid groups (broad SMARTS) is 1. The van der Waals surface area contributed by atoms with Gasteiger partial charge >= 0.3 is 5.97 Å². The number of hydrogen-bond donors (Lipinski definition) is 3.